The molecule has 4 nitrogen and oxygen atoms in total. The maximum atomic E-state index is 12.6. The average Bonchev–Trinajstić information content (AvgIpc) is 3.41. The number of halogens is 3. The minimum Gasteiger partial charge on any atom is -0.439 e. The van der Waals surface area contributed by atoms with Crippen molar-refractivity contribution < 1.29 is 22.7 Å². The highest BCUT2D eigenvalue weighted by Crippen LogP contribution is 2.43. The predicted octanol–water partition coefficient (Wildman–Crippen LogP) is 4.52. The van der Waals surface area contributed by atoms with Gasteiger partial charge in [0.25, 0.3) is 5.91 Å². The van der Waals surface area contributed by atoms with Crippen molar-refractivity contribution in [3.63, 3.8) is 0 Å². The molecule has 1 aliphatic heterocycles. The van der Waals surface area contributed by atoms with Crippen LogP contribution in [0, 0.1) is 5.92 Å². The zero-order chi connectivity index (χ0) is 18.3. The van der Waals surface area contributed by atoms with Crippen LogP contribution < -0.4 is 4.74 Å². The Morgan fingerprint density at radius 2 is 1.92 bits per heavy atom. The van der Waals surface area contributed by atoms with Gasteiger partial charge in [-0.1, -0.05) is 0 Å². The Morgan fingerprint density at radius 3 is 2.58 bits per heavy atom. The van der Waals surface area contributed by atoms with E-state index in [2.05, 4.69) is 4.98 Å². The lowest BCUT2D eigenvalue weighted by atomic mass is 10.1. The molecule has 2 aliphatic rings. The number of ether oxygens (including phenoxy) is 1. The molecule has 0 N–H and O–H groups in total. The number of pyridine rings is 1. The molecule has 0 bridgehead atoms. The van der Waals surface area contributed by atoms with E-state index in [1.165, 1.54) is 12.5 Å². The lowest BCUT2D eigenvalue weighted by molar-refractivity contribution is -0.137. The quantitative estimate of drug-likeness (QED) is 0.806. The molecule has 1 saturated carbocycles. The first kappa shape index (κ1) is 16.9. The number of piperidine rings is 1. The van der Waals surface area contributed by atoms with Crippen molar-refractivity contribution in [2.45, 2.75) is 31.5 Å². The summed E-state index contributed by atoms with van der Waals surface area (Å²) in [5.74, 6) is 1.17. The smallest absolute Gasteiger partial charge is 0.417 e. The molecule has 7 heteroatoms. The summed E-state index contributed by atoms with van der Waals surface area (Å²) in [7, 11) is 0. The second-order valence-corrected chi connectivity index (χ2v) is 6.71. The number of carbonyl (C=O) groups excluding carboxylic acids is 1. The number of amides is 1. The number of hydrogen-bond donors (Lipinski definition) is 0. The van der Waals surface area contributed by atoms with Crippen molar-refractivity contribution in [3.8, 4) is 11.6 Å². The molecule has 1 aromatic carbocycles. The van der Waals surface area contributed by atoms with E-state index in [4.69, 9.17) is 4.74 Å². The first-order valence-corrected chi connectivity index (χ1v) is 8.54. The zero-order valence-corrected chi connectivity index (χ0v) is 13.9. The van der Waals surface area contributed by atoms with Crippen LogP contribution in [0.3, 0.4) is 0 Å². The fraction of sp³-hybridized carbons (Fsp3) is 0.368. The van der Waals surface area contributed by atoms with Crippen molar-refractivity contribution in [1.82, 2.24) is 9.88 Å². The van der Waals surface area contributed by atoms with Gasteiger partial charge in [0.05, 0.1) is 5.56 Å². The minimum atomic E-state index is -4.43. The number of benzene rings is 1. The molecule has 1 aliphatic carbocycles. The molecular formula is C19H17F3N2O2. The number of nitrogens with zero attached hydrogens (tertiary/aromatic N) is 2. The number of hydrogen-bond acceptors (Lipinski definition) is 3. The topological polar surface area (TPSA) is 42.4 Å². The molecule has 0 spiro atoms. The van der Waals surface area contributed by atoms with Crippen LogP contribution in [-0.4, -0.2) is 28.4 Å². The van der Waals surface area contributed by atoms with Gasteiger partial charge in [-0.25, -0.2) is 4.98 Å². The van der Waals surface area contributed by atoms with E-state index in [0.29, 0.717) is 23.3 Å². The first-order valence-electron chi connectivity index (χ1n) is 8.54. The fourth-order valence-electron chi connectivity index (χ4n) is 3.43. The highest BCUT2D eigenvalue weighted by Gasteiger charge is 2.46. The molecule has 2 unspecified atom stereocenters. The summed E-state index contributed by atoms with van der Waals surface area (Å²) in [6.45, 7) is 0.799. The number of rotatable bonds is 3. The van der Waals surface area contributed by atoms with E-state index in [9.17, 15) is 18.0 Å². The summed E-state index contributed by atoms with van der Waals surface area (Å²) >= 11 is 0. The fourth-order valence-corrected chi connectivity index (χ4v) is 3.43. The van der Waals surface area contributed by atoms with Crippen LogP contribution in [0.25, 0.3) is 0 Å². The Kier molecular flexibility index (Phi) is 4.09. The Labute approximate surface area is 148 Å². The molecule has 2 atom stereocenters. The van der Waals surface area contributed by atoms with E-state index in [1.54, 1.807) is 24.3 Å². The standard InChI is InChI=1S/C19H17F3N2O2/c20-19(21,22)14-5-8-17(23-11-14)26-15-6-3-12(4-7-15)18(25)24-9-1-2-13-10-16(13)24/h3-8,11,13,16H,1-2,9-10H2. The molecule has 1 saturated heterocycles. The predicted molar refractivity (Wildman–Crippen MR) is 87.9 cm³/mol. The second-order valence-electron chi connectivity index (χ2n) is 6.71. The monoisotopic (exact) mass is 362 g/mol. The van der Waals surface area contributed by atoms with Crippen LogP contribution in [0.2, 0.25) is 0 Å². The van der Waals surface area contributed by atoms with Gasteiger partial charge in [0.2, 0.25) is 5.88 Å². The van der Waals surface area contributed by atoms with E-state index in [0.717, 1.165) is 31.6 Å². The summed E-state index contributed by atoms with van der Waals surface area (Å²) in [6.07, 6.45) is -0.334. The van der Waals surface area contributed by atoms with Gasteiger partial charge in [-0.3, -0.25) is 4.79 Å². The molecule has 1 amide bonds. The normalized spacial score (nSPS) is 21.9. The van der Waals surface area contributed by atoms with Crippen LogP contribution in [0.4, 0.5) is 13.2 Å². The van der Waals surface area contributed by atoms with Crippen molar-refractivity contribution in [1.29, 1.82) is 0 Å². The van der Waals surface area contributed by atoms with Gasteiger partial charge in [-0.05, 0) is 55.5 Å². The lowest BCUT2D eigenvalue weighted by Gasteiger charge is -2.26. The molecule has 136 valence electrons. The largest absolute Gasteiger partial charge is 0.439 e. The number of fused-ring (bicyclic) bond motifs is 1. The molecule has 0 radical (unpaired) electrons. The van der Waals surface area contributed by atoms with Crippen LogP contribution in [0.15, 0.2) is 42.6 Å². The Morgan fingerprint density at radius 1 is 1.15 bits per heavy atom. The average molecular weight is 362 g/mol. The van der Waals surface area contributed by atoms with Crippen LogP contribution in [-0.2, 0) is 6.18 Å². The third kappa shape index (κ3) is 3.38. The zero-order valence-electron chi connectivity index (χ0n) is 13.9. The molecule has 26 heavy (non-hydrogen) atoms. The SMILES string of the molecule is O=C(c1ccc(Oc2ccc(C(F)(F)F)cn2)cc1)N1CCCC2CC21. The highest BCUT2D eigenvalue weighted by molar-refractivity contribution is 5.94. The van der Waals surface area contributed by atoms with Gasteiger partial charge >= 0.3 is 6.18 Å². The number of aromatic nitrogens is 1. The van der Waals surface area contributed by atoms with Crippen LogP contribution >= 0.6 is 0 Å². The molecule has 4 rings (SSSR count). The van der Waals surface area contributed by atoms with Gasteiger partial charge in [0.15, 0.2) is 0 Å². The number of likely N-dealkylation sites (tertiary alicyclic amines) is 1. The molecule has 1 aromatic heterocycles. The first-order chi connectivity index (χ1) is 12.4. The van der Waals surface area contributed by atoms with Crippen molar-refractivity contribution in [2.75, 3.05) is 6.54 Å². The summed E-state index contributed by atoms with van der Waals surface area (Å²) < 4.78 is 43.1. The van der Waals surface area contributed by atoms with Crippen molar-refractivity contribution in [3.05, 3.63) is 53.7 Å². The van der Waals surface area contributed by atoms with Crippen LogP contribution in [0.1, 0.15) is 35.2 Å². The third-order valence-corrected chi connectivity index (χ3v) is 4.91. The highest BCUT2D eigenvalue weighted by atomic mass is 19.4. The molecule has 2 aromatic rings. The Balaban J connectivity index is 1.42. The molecule has 2 fully saturated rings. The second kappa shape index (κ2) is 6.30. The summed E-state index contributed by atoms with van der Waals surface area (Å²) in [4.78, 5) is 18.2. The maximum Gasteiger partial charge on any atom is 0.417 e. The van der Waals surface area contributed by atoms with Gasteiger partial charge in [0.1, 0.15) is 5.75 Å². The third-order valence-electron chi connectivity index (χ3n) is 4.91. The molecular weight excluding hydrogens is 345 g/mol. The number of carbonyl (C=O) groups is 1. The summed E-state index contributed by atoms with van der Waals surface area (Å²) in [5, 5.41) is 0. The van der Waals surface area contributed by atoms with E-state index in [-0.39, 0.29) is 11.8 Å². The van der Waals surface area contributed by atoms with Crippen molar-refractivity contribution >= 4 is 5.91 Å². The van der Waals surface area contributed by atoms with E-state index >= 15 is 0 Å². The number of alkyl halides is 3. The Hall–Kier alpha value is -2.57. The minimum absolute atomic E-state index is 0.0244. The van der Waals surface area contributed by atoms with Gasteiger partial charge in [-0.2, -0.15) is 13.2 Å². The lowest BCUT2D eigenvalue weighted by Crippen LogP contribution is -2.37. The van der Waals surface area contributed by atoms with E-state index in [1.807, 2.05) is 4.90 Å². The van der Waals surface area contributed by atoms with Gasteiger partial charge < -0.3 is 9.64 Å². The van der Waals surface area contributed by atoms with Crippen LogP contribution in [0.5, 0.6) is 11.6 Å². The summed E-state index contributed by atoms with van der Waals surface area (Å²) in [5.41, 5.74) is -0.240. The molecule has 2 heterocycles. The maximum absolute atomic E-state index is 12.6. The van der Waals surface area contributed by atoms with E-state index < -0.39 is 11.7 Å². The Bertz CT molecular complexity index is 803. The van der Waals surface area contributed by atoms with Gasteiger partial charge in [0, 0.05) is 30.4 Å². The van der Waals surface area contributed by atoms with Gasteiger partial charge in [-0.15, -0.1) is 0 Å². The summed E-state index contributed by atoms with van der Waals surface area (Å²) in [6, 6.07) is 9.08. The van der Waals surface area contributed by atoms with Crippen molar-refractivity contribution in [2.24, 2.45) is 5.92 Å².